The van der Waals surface area contributed by atoms with Gasteiger partial charge in [-0.3, -0.25) is 4.79 Å². The van der Waals surface area contributed by atoms with E-state index in [1.807, 2.05) is 6.92 Å². The zero-order chi connectivity index (χ0) is 11.0. The Bertz CT molecular complexity index is 196. The summed E-state index contributed by atoms with van der Waals surface area (Å²) in [6.07, 6.45) is 1.18. The molecule has 4 nitrogen and oxygen atoms in total. The molecule has 0 heterocycles. The van der Waals surface area contributed by atoms with Crippen LogP contribution in [-0.4, -0.2) is 30.3 Å². The molecule has 5 heteroatoms. The molecule has 0 rings (SSSR count). The fourth-order valence-electron chi connectivity index (χ4n) is 0.916. The molecule has 0 aliphatic carbocycles. The van der Waals surface area contributed by atoms with Gasteiger partial charge >= 0.3 is 5.97 Å². The van der Waals surface area contributed by atoms with E-state index in [0.717, 1.165) is 6.42 Å². The van der Waals surface area contributed by atoms with Crippen molar-refractivity contribution in [3.8, 4) is 0 Å². The predicted octanol–water partition coefficient (Wildman–Crippen LogP) is 0.764. The summed E-state index contributed by atoms with van der Waals surface area (Å²) in [5, 5.41) is 2.56. The van der Waals surface area contributed by atoms with Crippen molar-refractivity contribution in [2.24, 2.45) is 0 Å². The van der Waals surface area contributed by atoms with Gasteiger partial charge in [0.25, 0.3) is 0 Å². The number of ether oxygens (including phenoxy) is 1. The van der Waals surface area contributed by atoms with Crippen molar-refractivity contribution < 1.29 is 14.3 Å². The van der Waals surface area contributed by atoms with E-state index in [9.17, 15) is 9.59 Å². The third-order valence-corrected chi connectivity index (χ3v) is 1.93. The molecule has 0 bridgehead atoms. The predicted molar refractivity (Wildman–Crippen MR) is 57.3 cm³/mol. The summed E-state index contributed by atoms with van der Waals surface area (Å²) in [7, 11) is 0. The van der Waals surface area contributed by atoms with Gasteiger partial charge in [0.2, 0.25) is 5.91 Å². The SMILES string of the molecule is CCCC(=O)N[C@@H](CS)C(=O)OCC. The zero-order valence-electron chi connectivity index (χ0n) is 8.58. The van der Waals surface area contributed by atoms with Crippen molar-refractivity contribution in [1.29, 1.82) is 0 Å². The first-order chi connectivity index (χ1) is 6.65. The Morgan fingerprint density at radius 2 is 2.07 bits per heavy atom. The standard InChI is InChI=1S/C9H17NO3S/c1-3-5-8(11)10-7(6-14)9(12)13-4-2/h7,14H,3-6H2,1-2H3,(H,10,11)/t7-/m0/s1. The van der Waals surface area contributed by atoms with Crippen molar-refractivity contribution in [1.82, 2.24) is 5.32 Å². The van der Waals surface area contributed by atoms with Crippen LogP contribution in [0, 0.1) is 0 Å². The molecule has 0 aromatic rings. The summed E-state index contributed by atoms with van der Waals surface area (Å²) in [6.45, 7) is 3.94. The van der Waals surface area contributed by atoms with E-state index in [2.05, 4.69) is 17.9 Å². The van der Waals surface area contributed by atoms with Crippen molar-refractivity contribution in [3.05, 3.63) is 0 Å². The number of nitrogens with one attached hydrogen (secondary N) is 1. The molecule has 0 fully saturated rings. The maximum atomic E-state index is 11.2. The van der Waals surface area contributed by atoms with E-state index in [4.69, 9.17) is 4.74 Å². The highest BCUT2D eigenvalue weighted by Crippen LogP contribution is 1.95. The lowest BCUT2D eigenvalue weighted by Gasteiger charge is -2.14. The largest absolute Gasteiger partial charge is 0.464 e. The molecule has 0 aromatic carbocycles. The minimum atomic E-state index is -0.627. The number of amides is 1. The average Bonchev–Trinajstić information content (AvgIpc) is 2.15. The molecule has 0 spiro atoms. The third kappa shape index (κ3) is 5.11. The van der Waals surface area contributed by atoms with Gasteiger partial charge in [0.15, 0.2) is 0 Å². The lowest BCUT2D eigenvalue weighted by molar-refractivity contribution is -0.146. The summed E-state index contributed by atoms with van der Waals surface area (Å²) in [5.41, 5.74) is 0. The lowest BCUT2D eigenvalue weighted by Crippen LogP contribution is -2.43. The van der Waals surface area contributed by atoms with E-state index >= 15 is 0 Å². The Kier molecular flexibility index (Phi) is 7.28. The second-order valence-corrected chi connectivity index (χ2v) is 3.17. The zero-order valence-corrected chi connectivity index (χ0v) is 9.47. The Labute approximate surface area is 89.8 Å². The Morgan fingerprint density at radius 1 is 1.43 bits per heavy atom. The molecule has 0 saturated carbocycles. The number of thiol groups is 1. The normalized spacial score (nSPS) is 11.9. The van der Waals surface area contributed by atoms with Crippen LogP contribution >= 0.6 is 12.6 Å². The van der Waals surface area contributed by atoms with Gasteiger partial charge in [-0.25, -0.2) is 4.79 Å². The summed E-state index contributed by atoms with van der Waals surface area (Å²) >= 11 is 3.97. The summed E-state index contributed by atoms with van der Waals surface area (Å²) < 4.78 is 4.77. The molecule has 0 aliphatic heterocycles. The Balaban J connectivity index is 4.01. The highest BCUT2D eigenvalue weighted by atomic mass is 32.1. The molecule has 14 heavy (non-hydrogen) atoms. The molecule has 82 valence electrons. The van der Waals surface area contributed by atoms with E-state index in [-0.39, 0.29) is 11.7 Å². The second kappa shape index (κ2) is 7.67. The van der Waals surface area contributed by atoms with Gasteiger partial charge in [0.05, 0.1) is 6.61 Å². The lowest BCUT2D eigenvalue weighted by atomic mass is 10.3. The molecule has 0 aromatic heterocycles. The third-order valence-electron chi connectivity index (χ3n) is 1.57. The first-order valence-electron chi connectivity index (χ1n) is 4.72. The quantitative estimate of drug-likeness (QED) is 0.512. The number of hydrogen-bond acceptors (Lipinski definition) is 4. The first-order valence-corrected chi connectivity index (χ1v) is 5.35. The number of rotatable bonds is 6. The van der Waals surface area contributed by atoms with Crippen LogP contribution in [0.25, 0.3) is 0 Å². The molecule has 1 N–H and O–H groups in total. The maximum absolute atomic E-state index is 11.2. The topological polar surface area (TPSA) is 55.4 Å². The van der Waals surface area contributed by atoms with Crippen LogP contribution in [0.5, 0.6) is 0 Å². The average molecular weight is 219 g/mol. The number of carbonyl (C=O) groups excluding carboxylic acids is 2. The molecule has 0 unspecified atom stereocenters. The molecule has 0 radical (unpaired) electrons. The monoisotopic (exact) mass is 219 g/mol. The van der Waals surface area contributed by atoms with Gasteiger partial charge in [-0.2, -0.15) is 12.6 Å². The van der Waals surface area contributed by atoms with Gasteiger partial charge in [0, 0.05) is 12.2 Å². The second-order valence-electron chi connectivity index (χ2n) is 2.80. The van der Waals surface area contributed by atoms with Gasteiger partial charge < -0.3 is 10.1 Å². The van der Waals surface area contributed by atoms with Crippen molar-refractivity contribution in [3.63, 3.8) is 0 Å². The van der Waals surface area contributed by atoms with Crippen LogP contribution in [-0.2, 0) is 14.3 Å². The minimum absolute atomic E-state index is 0.139. The maximum Gasteiger partial charge on any atom is 0.329 e. The Morgan fingerprint density at radius 3 is 2.50 bits per heavy atom. The summed E-state index contributed by atoms with van der Waals surface area (Å²) in [4.78, 5) is 22.4. The number of esters is 1. The van der Waals surface area contributed by atoms with Gasteiger partial charge in [0.1, 0.15) is 6.04 Å². The molecule has 1 atom stereocenters. The Hall–Kier alpha value is -0.710. The van der Waals surface area contributed by atoms with Crippen molar-refractivity contribution in [2.45, 2.75) is 32.7 Å². The van der Waals surface area contributed by atoms with Gasteiger partial charge in [-0.1, -0.05) is 6.92 Å². The fourth-order valence-corrected chi connectivity index (χ4v) is 1.16. The molecule has 1 amide bonds. The fraction of sp³-hybridized carbons (Fsp3) is 0.778. The van der Waals surface area contributed by atoms with Gasteiger partial charge in [-0.05, 0) is 13.3 Å². The van der Waals surface area contributed by atoms with Crippen molar-refractivity contribution >= 4 is 24.5 Å². The number of hydrogen-bond donors (Lipinski definition) is 2. The van der Waals surface area contributed by atoms with Crippen LogP contribution < -0.4 is 5.32 Å². The van der Waals surface area contributed by atoms with Crippen LogP contribution in [0.4, 0.5) is 0 Å². The van der Waals surface area contributed by atoms with Gasteiger partial charge in [-0.15, -0.1) is 0 Å². The van der Waals surface area contributed by atoms with Crippen LogP contribution in [0.3, 0.4) is 0 Å². The molecular formula is C9H17NO3S. The number of carbonyl (C=O) groups is 2. The van der Waals surface area contributed by atoms with E-state index in [1.165, 1.54) is 0 Å². The van der Waals surface area contributed by atoms with Crippen molar-refractivity contribution in [2.75, 3.05) is 12.4 Å². The van der Waals surface area contributed by atoms with E-state index in [1.54, 1.807) is 6.92 Å². The molecule has 0 aliphatic rings. The van der Waals surface area contributed by atoms with Crippen LogP contribution in [0.15, 0.2) is 0 Å². The first kappa shape index (κ1) is 13.3. The van der Waals surface area contributed by atoms with E-state index < -0.39 is 12.0 Å². The highest BCUT2D eigenvalue weighted by Gasteiger charge is 2.19. The van der Waals surface area contributed by atoms with Crippen LogP contribution in [0.1, 0.15) is 26.7 Å². The van der Waals surface area contributed by atoms with E-state index in [0.29, 0.717) is 13.0 Å². The smallest absolute Gasteiger partial charge is 0.329 e. The molecular weight excluding hydrogens is 202 g/mol. The van der Waals surface area contributed by atoms with Crippen LogP contribution in [0.2, 0.25) is 0 Å². The highest BCUT2D eigenvalue weighted by molar-refractivity contribution is 7.80. The summed E-state index contributed by atoms with van der Waals surface area (Å²) in [6, 6.07) is -0.627. The minimum Gasteiger partial charge on any atom is -0.464 e. The summed E-state index contributed by atoms with van der Waals surface area (Å²) in [5.74, 6) is -0.305. The molecule has 0 saturated heterocycles.